The second-order valence-electron chi connectivity index (χ2n) is 19.9. The largest absolute Gasteiger partial charge is 0.307 e. The first-order valence-corrected chi connectivity index (χ1v) is 25.9. The van der Waals surface area contributed by atoms with E-state index in [1.807, 2.05) is 6.07 Å². The van der Waals surface area contributed by atoms with Crippen molar-refractivity contribution in [2.24, 2.45) is 0 Å². The van der Waals surface area contributed by atoms with Gasteiger partial charge < -0.3 is 9.13 Å². The highest BCUT2D eigenvalue weighted by atomic mass is 15.3. The number of benzene rings is 12. The molecule has 0 saturated carbocycles. The van der Waals surface area contributed by atoms with Gasteiger partial charge in [0, 0.05) is 76.2 Å². The molecule has 352 valence electrons. The molecule has 0 atom stereocenters. The fraction of sp³-hybridized carbons (Fsp3) is 0. The lowest BCUT2D eigenvalue weighted by Crippen LogP contribution is -2.11. The van der Waals surface area contributed by atoms with Crippen molar-refractivity contribution in [3.63, 3.8) is 0 Å². The molecule has 0 radical (unpaired) electrons. The van der Waals surface area contributed by atoms with Crippen molar-refractivity contribution in [1.82, 2.24) is 33.2 Å². The first-order valence-electron chi connectivity index (χ1n) is 25.9. The Morgan fingerprint density at radius 2 is 0.539 bits per heavy atom. The summed E-state index contributed by atoms with van der Waals surface area (Å²) in [7, 11) is 0. The van der Waals surface area contributed by atoms with Crippen molar-refractivity contribution < 1.29 is 0 Å². The lowest BCUT2D eigenvalue weighted by atomic mass is 10.0. The van der Waals surface area contributed by atoms with Crippen molar-refractivity contribution in [3.8, 4) is 34.7 Å². The zero-order chi connectivity index (χ0) is 49.6. The van der Waals surface area contributed by atoms with Crippen LogP contribution in [0.4, 0.5) is 0 Å². The Hall–Kier alpha value is -10.4. The van der Waals surface area contributed by atoms with Crippen molar-refractivity contribution >= 4 is 120 Å². The maximum absolute atomic E-state index is 5.86. The van der Waals surface area contributed by atoms with Gasteiger partial charge in [0.05, 0.1) is 44.1 Å². The van der Waals surface area contributed by atoms with Gasteiger partial charge in [-0.1, -0.05) is 218 Å². The highest BCUT2D eigenvalue weighted by molar-refractivity contribution is 6.30. The summed E-state index contributed by atoms with van der Waals surface area (Å²) in [6, 6.07) is 89.6. The van der Waals surface area contributed by atoms with Gasteiger partial charge in [-0.3, -0.25) is 9.13 Å². The second-order valence-corrected chi connectivity index (χ2v) is 19.9. The quantitative estimate of drug-likeness (QED) is 0.173. The van der Waals surface area contributed by atoms with Crippen LogP contribution in [0.3, 0.4) is 0 Å². The lowest BCUT2D eigenvalue weighted by molar-refractivity contribution is 0.894. The molecule has 0 bridgehead atoms. The number of aromatic nitrogens is 7. The highest BCUT2D eigenvalue weighted by Gasteiger charge is 2.28. The minimum Gasteiger partial charge on any atom is -0.307 e. The van der Waals surface area contributed by atoms with E-state index in [0.717, 1.165) is 104 Å². The first kappa shape index (κ1) is 41.1. The Morgan fingerprint density at radius 3 is 1.03 bits per heavy atom. The third-order valence-corrected chi connectivity index (χ3v) is 15.9. The van der Waals surface area contributed by atoms with E-state index >= 15 is 0 Å². The van der Waals surface area contributed by atoms with Crippen LogP contribution in [0.1, 0.15) is 0 Å². The van der Waals surface area contributed by atoms with Gasteiger partial charge in [0.15, 0.2) is 5.82 Å². The summed E-state index contributed by atoms with van der Waals surface area (Å²) in [4.78, 5) is 17.1. The molecule has 12 aromatic carbocycles. The molecule has 0 saturated heterocycles. The Labute approximate surface area is 434 Å². The van der Waals surface area contributed by atoms with Gasteiger partial charge >= 0.3 is 0 Å². The van der Waals surface area contributed by atoms with Crippen molar-refractivity contribution in [1.29, 1.82) is 0 Å². The number of para-hydroxylation sites is 3. The number of hydrogen-bond donors (Lipinski definition) is 0. The van der Waals surface area contributed by atoms with Crippen LogP contribution in [0.25, 0.3) is 154 Å². The van der Waals surface area contributed by atoms with Crippen LogP contribution in [-0.4, -0.2) is 33.2 Å². The lowest BCUT2D eigenvalue weighted by Gasteiger charge is -2.15. The summed E-state index contributed by atoms with van der Waals surface area (Å²) in [6.07, 6.45) is 0. The van der Waals surface area contributed by atoms with Gasteiger partial charge in [0.25, 0.3) is 0 Å². The molecule has 7 heteroatoms. The number of nitrogens with zero attached hydrogens (tertiary/aromatic N) is 7. The molecule has 0 amide bonds. The first-order chi connectivity index (χ1) is 37.7. The summed E-state index contributed by atoms with van der Waals surface area (Å²) < 4.78 is 9.60. The maximum atomic E-state index is 5.86. The van der Waals surface area contributed by atoms with Gasteiger partial charge in [-0.15, -0.1) is 0 Å². The Kier molecular flexibility index (Phi) is 8.43. The van der Waals surface area contributed by atoms with Gasteiger partial charge in [-0.2, -0.15) is 15.0 Å². The number of rotatable bonds is 5. The number of hydrogen-bond acceptors (Lipinski definition) is 3. The number of fused-ring (bicyclic) bond motifs is 20. The Morgan fingerprint density at radius 1 is 0.211 bits per heavy atom. The Balaban J connectivity index is 1.09. The molecule has 76 heavy (non-hydrogen) atoms. The predicted octanol–water partition coefficient (Wildman–Crippen LogP) is 17.4. The van der Waals surface area contributed by atoms with Crippen LogP contribution in [0, 0.1) is 0 Å². The third kappa shape index (κ3) is 5.63. The standard InChI is InChI=1S/C69H41N7/c1-4-21-45(22-5-1)67-70-68(75-59-31-17-16-30-51(59)52-38-39-56-53-35-32-42-18-10-13-27-48(42)60(53)73(63(56)65(52)75)46-23-6-2-7-24-46)72-69(71-67)76-62-50-29-15-12-20-44(50)34-37-55(62)58-41-40-57-54-36-33-43-19-11-14-28-49(43)61(54)74(64(57)66(58)76)47-25-8-3-9-26-47/h1-41H. The van der Waals surface area contributed by atoms with Gasteiger partial charge in [0.1, 0.15) is 0 Å². The van der Waals surface area contributed by atoms with Crippen LogP contribution < -0.4 is 0 Å². The zero-order valence-electron chi connectivity index (χ0n) is 40.8. The molecule has 0 aliphatic rings. The fourth-order valence-electron chi connectivity index (χ4n) is 12.8. The molecule has 7 nitrogen and oxygen atoms in total. The molecule has 5 heterocycles. The van der Waals surface area contributed by atoms with Crippen molar-refractivity contribution in [3.05, 3.63) is 249 Å². The van der Waals surface area contributed by atoms with E-state index in [9.17, 15) is 0 Å². The van der Waals surface area contributed by atoms with Crippen LogP contribution in [0.15, 0.2) is 249 Å². The SMILES string of the molecule is c1ccc(-c2nc(-n3c4ccccc4c4ccc5c6ccc7ccccc7c6n(-c6ccccc6)c5c43)nc(-n3c4c5ccccc5ccc4c4ccc5c6ccc7ccccc7c6n(-c6ccccc6)c5c43)n2)cc1. The van der Waals surface area contributed by atoms with Gasteiger partial charge in [0.2, 0.25) is 11.9 Å². The molecular weight excluding hydrogens is 927 g/mol. The smallest absolute Gasteiger partial charge is 0.240 e. The van der Waals surface area contributed by atoms with Crippen LogP contribution in [-0.2, 0) is 0 Å². The van der Waals surface area contributed by atoms with Crippen LogP contribution >= 0.6 is 0 Å². The fourth-order valence-corrected chi connectivity index (χ4v) is 12.8. The zero-order valence-corrected chi connectivity index (χ0v) is 40.8. The van der Waals surface area contributed by atoms with E-state index in [-0.39, 0.29) is 0 Å². The molecule has 5 aromatic heterocycles. The summed E-state index contributed by atoms with van der Waals surface area (Å²) in [5.74, 6) is 1.62. The van der Waals surface area contributed by atoms with Crippen LogP contribution in [0.5, 0.6) is 0 Å². The molecule has 0 fully saturated rings. The maximum Gasteiger partial charge on any atom is 0.240 e. The second kappa shape index (κ2) is 15.6. The molecule has 17 aromatic rings. The van der Waals surface area contributed by atoms with E-state index in [1.54, 1.807) is 0 Å². The summed E-state index contributed by atoms with van der Waals surface area (Å²) in [5, 5.41) is 16.1. The minimum absolute atomic E-state index is 0.522. The van der Waals surface area contributed by atoms with Gasteiger partial charge in [-0.05, 0) is 46.5 Å². The molecule has 0 spiro atoms. The third-order valence-electron chi connectivity index (χ3n) is 15.9. The predicted molar refractivity (Wildman–Crippen MR) is 315 cm³/mol. The summed E-state index contributed by atoms with van der Waals surface area (Å²) in [6.45, 7) is 0. The Bertz CT molecular complexity index is 5280. The summed E-state index contributed by atoms with van der Waals surface area (Å²) in [5.41, 5.74) is 11.6. The topological polar surface area (TPSA) is 58.4 Å². The van der Waals surface area contributed by atoms with E-state index in [1.165, 1.54) is 32.3 Å². The minimum atomic E-state index is 0.522. The van der Waals surface area contributed by atoms with Crippen molar-refractivity contribution in [2.45, 2.75) is 0 Å². The average Bonchev–Trinajstić information content (AvgIpc) is 4.35. The molecule has 0 aliphatic carbocycles. The van der Waals surface area contributed by atoms with Crippen molar-refractivity contribution in [2.75, 3.05) is 0 Å². The molecule has 0 N–H and O–H groups in total. The van der Waals surface area contributed by atoms with Crippen LogP contribution in [0.2, 0.25) is 0 Å². The molecule has 17 rings (SSSR count). The molecule has 0 aliphatic heterocycles. The van der Waals surface area contributed by atoms with E-state index in [2.05, 4.69) is 261 Å². The highest BCUT2D eigenvalue weighted by Crippen LogP contribution is 2.47. The average molecular weight is 968 g/mol. The molecule has 0 unspecified atom stereocenters. The summed E-state index contributed by atoms with van der Waals surface area (Å²) >= 11 is 0. The van der Waals surface area contributed by atoms with E-state index in [0.29, 0.717) is 17.7 Å². The normalized spacial score (nSPS) is 12.2. The van der Waals surface area contributed by atoms with Gasteiger partial charge in [-0.25, -0.2) is 0 Å². The van der Waals surface area contributed by atoms with E-state index in [4.69, 9.17) is 15.0 Å². The molecular formula is C69H41N7. The monoisotopic (exact) mass is 967 g/mol. The van der Waals surface area contributed by atoms with E-state index < -0.39 is 0 Å².